The van der Waals surface area contributed by atoms with Crippen molar-refractivity contribution in [3.63, 3.8) is 0 Å². The van der Waals surface area contributed by atoms with Crippen LogP contribution in [0.5, 0.6) is 0 Å². The average Bonchev–Trinajstić information content (AvgIpc) is 2.81. The summed E-state index contributed by atoms with van der Waals surface area (Å²) in [5.74, 6) is 0. The molecule has 0 saturated heterocycles. The summed E-state index contributed by atoms with van der Waals surface area (Å²) in [5, 5.41) is 15.2. The zero-order chi connectivity index (χ0) is 12.4. The van der Waals surface area contributed by atoms with Gasteiger partial charge in [-0.25, -0.2) is 0 Å². The van der Waals surface area contributed by atoms with Crippen molar-refractivity contribution >= 4 is 11.3 Å². The first-order valence-corrected chi connectivity index (χ1v) is 7.16. The van der Waals surface area contributed by atoms with Crippen molar-refractivity contribution in [2.24, 2.45) is 5.41 Å². The standard InChI is InChI=1S/C14H20N2S/c1-13(2)7-3-4-8-14(13,11-15)16-10-12-6-5-9-17-12/h5-6,9,16H,3-4,7-8,10H2,1-2H3. The van der Waals surface area contributed by atoms with E-state index >= 15 is 0 Å². The number of rotatable bonds is 3. The third-order valence-electron chi connectivity index (χ3n) is 4.09. The molecular weight excluding hydrogens is 228 g/mol. The van der Waals surface area contributed by atoms with E-state index in [9.17, 15) is 5.26 Å². The lowest BCUT2D eigenvalue weighted by atomic mass is 9.64. The second kappa shape index (κ2) is 4.80. The highest BCUT2D eigenvalue weighted by molar-refractivity contribution is 7.09. The van der Waals surface area contributed by atoms with Gasteiger partial charge in [0.05, 0.1) is 6.07 Å². The Labute approximate surface area is 108 Å². The molecule has 1 aliphatic rings. The van der Waals surface area contributed by atoms with E-state index < -0.39 is 0 Å². The molecule has 17 heavy (non-hydrogen) atoms. The van der Waals surface area contributed by atoms with E-state index in [1.807, 2.05) is 0 Å². The lowest BCUT2D eigenvalue weighted by Gasteiger charge is -2.46. The van der Waals surface area contributed by atoms with E-state index in [-0.39, 0.29) is 11.0 Å². The molecule has 1 atom stereocenters. The van der Waals surface area contributed by atoms with Gasteiger partial charge in [-0.1, -0.05) is 32.8 Å². The molecular formula is C14H20N2S. The molecule has 1 aromatic rings. The zero-order valence-electron chi connectivity index (χ0n) is 10.6. The largest absolute Gasteiger partial charge is 0.294 e. The van der Waals surface area contributed by atoms with Gasteiger partial charge in [0.15, 0.2) is 0 Å². The second-order valence-electron chi connectivity index (χ2n) is 5.54. The Balaban J connectivity index is 2.11. The van der Waals surface area contributed by atoms with Crippen molar-refractivity contribution in [2.45, 2.75) is 51.6 Å². The highest BCUT2D eigenvalue weighted by Crippen LogP contribution is 2.43. The average molecular weight is 248 g/mol. The topological polar surface area (TPSA) is 35.8 Å². The van der Waals surface area contributed by atoms with Gasteiger partial charge in [0.1, 0.15) is 5.54 Å². The van der Waals surface area contributed by atoms with Crippen molar-refractivity contribution in [3.05, 3.63) is 22.4 Å². The number of nitrogens with zero attached hydrogens (tertiary/aromatic N) is 1. The van der Waals surface area contributed by atoms with Crippen molar-refractivity contribution < 1.29 is 0 Å². The van der Waals surface area contributed by atoms with E-state index in [0.29, 0.717) is 0 Å². The van der Waals surface area contributed by atoms with E-state index in [1.165, 1.54) is 11.3 Å². The quantitative estimate of drug-likeness (QED) is 0.885. The highest BCUT2D eigenvalue weighted by Gasteiger charge is 2.46. The molecule has 1 aliphatic carbocycles. The molecule has 0 radical (unpaired) electrons. The fourth-order valence-electron chi connectivity index (χ4n) is 2.73. The number of hydrogen-bond donors (Lipinski definition) is 1. The van der Waals surface area contributed by atoms with Crippen LogP contribution in [0.3, 0.4) is 0 Å². The van der Waals surface area contributed by atoms with Crippen LogP contribution >= 0.6 is 11.3 Å². The lowest BCUT2D eigenvalue weighted by Crippen LogP contribution is -2.56. The van der Waals surface area contributed by atoms with E-state index in [0.717, 1.165) is 25.8 Å². The maximum atomic E-state index is 9.60. The summed E-state index contributed by atoms with van der Waals surface area (Å²) in [6.07, 6.45) is 4.52. The summed E-state index contributed by atoms with van der Waals surface area (Å²) in [4.78, 5) is 1.31. The van der Waals surface area contributed by atoms with Crippen LogP contribution in [-0.2, 0) is 6.54 Å². The Morgan fingerprint density at radius 1 is 1.41 bits per heavy atom. The van der Waals surface area contributed by atoms with Gasteiger partial charge < -0.3 is 0 Å². The monoisotopic (exact) mass is 248 g/mol. The predicted octanol–water partition coefficient (Wildman–Crippen LogP) is 3.70. The summed E-state index contributed by atoms with van der Waals surface area (Å²) in [5.41, 5.74) is -0.285. The van der Waals surface area contributed by atoms with Crippen molar-refractivity contribution in [3.8, 4) is 6.07 Å². The maximum Gasteiger partial charge on any atom is 0.112 e. The summed E-state index contributed by atoms with van der Waals surface area (Å²) in [6.45, 7) is 5.25. The maximum absolute atomic E-state index is 9.60. The SMILES string of the molecule is CC1(C)CCCCC1(C#N)NCc1cccs1. The van der Waals surface area contributed by atoms with Crippen LogP contribution in [0.1, 0.15) is 44.4 Å². The molecule has 0 aromatic carbocycles. The zero-order valence-corrected chi connectivity index (χ0v) is 11.4. The molecule has 92 valence electrons. The Hall–Kier alpha value is -0.850. The number of nitrogens with one attached hydrogen (secondary N) is 1. The lowest BCUT2D eigenvalue weighted by molar-refractivity contribution is 0.109. The molecule has 2 rings (SSSR count). The highest BCUT2D eigenvalue weighted by atomic mass is 32.1. The Kier molecular flexibility index (Phi) is 3.56. The van der Waals surface area contributed by atoms with Crippen molar-refractivity contribution in [1.29, 1.82) is 5.26 Å². The van der Waals surface area contributed by atoms with Gasteiger partial charge >= 0.3 is 0 Å². The van der Waals surface area contributed by atoms with Crippen LogP contribution < -0.4 is 5.32 Å². The third kappa shape index (κ3) is 2.38. The summed E-state index contributed by atoms with van der Waals surface area (Å²) in [6, 6.07) is 6.75. The van der Waals surface area contributed by atoms with Gasteiger partial charge in [-0.05, 0) is 29.7 Å². The minimum atomic E-state index is -0.352. The first-order valence-electron chi connectivity index (χ1n) is 6.28. The number of nitriles is 1. The molecule has 1 N–H and O–H groups in total. The Bertz CT molecular complexity index is 402. The van der Waals surface area contributed by atoms with Crippen LogP contribution in [0, 0.1) is 16.7 Å². The van der Waals surface area contributed by atoms with Gasteiger partial charge in [0.25, 0.3) is 0 Å². The Morgan fingerprint density at radius 2 is 2.18 bits per heavy atom. The van der Waals surface area contributed by atoms with Gasteiger partial charge in [-0.3, -0.25) is 5.32 Å². The normalized spacial score (nSPS) is 27.6. The third-order valence-corrected chi connectivity index (χ3v) is 4.97. The van der Waals surface area contributed by atoms with Crippen LogP contribution in [0.2, 0.25) is 0 Å². The van der Waals surface area contributed by atoms with Gasteiger partial charge in [0.2, 0.25) is 0 Å². The van der Waals surface area contributed by atoms with Crippen LogP contribution in [-0.4, -0.2) is 5.54 Å². The molecule has 1 aromatic heterocycles. The summed E-state index contributed by atoms with van der Waals surface area (Å²) >= 11 is 1.75. The smallest absolute Gasteiger partial charge is 0.112 e. The number of hydrogen-bond acceptors (Lipinski definition) is 3. The van der Waals surface area contributed by atoms with Crippen LogP contribution in [0.4, 0.5) is 0 Å². The van der Waals surface area contributed by atoms with Gasteiger partial charge in [-0.2, -0.15) is 5.26 Å². The fourth-order valence-corrected chi connectivity index (χ4v) is 3.38. The summed E-state index contributed by atoms with van der Waals surface area (Å²) in [7, 11) is 0. The molecule has 1 heterocycles. The minimum absolute atomic E-state index is 0.0667. The first kappa shape index (κ1) is 12.6. The predicted molar refractivity (Wildman–Crippen MR) is 71.8 cm³/mol. The summed E-state index contributed by atoms with van der Waals surface area (Å²) < 4.78 is 0. The van der Waals surface area contributed by atoms with E-state index in [1.54, 1.807) is 11.3 Å². The van der Waals surface area contributed by atoms with Crippen LogP contribution in [0.25, 0.3) is 0 Å². The number of thiophene rings is 1. The van der Waals surface area contributed by atoms with Crippen LogP contribution in [0.15, 0.2) is 17.5 Å². The molecule has 1 saturated carbocycles. The van der Waals surface area contributed by atoms with Gasteiger partial charge in [0, 0.05) is 11.4 Å². The van der Waals surface area contributed by atoms with Crippen molar-refractivity contribution in [1.82, 2.24) is 5.32 Å². The van der Waals surface area contributed by atoms with Crippen molar-refractivity contribution in [2.75, 3.05) is 0 Å². The molecule has 0 spiro atoms. The second-order valence-corrected chi connectivity index (χ2v) is 6.57. The molecule has 1 unspecified atom stereocenters. The Morgan fingerprint density at radius 3 is 2.76 bits per heavy atom. The first-order chi connectivity index (χ1) is 8.10. The molecule has 0 bridgehead atoms. The van der Waals surface area contributed by atoms with Gasteiger partial charge in [-0.15, -0.1) is 11.3 Å². The van der Waals surface area contributed by atoms with E-state index in [4.69, 9.17) is 0 Å². The molecule has 0 aliphatic heterocycles. The molecule has 1 fully saturated rings. The fraction of sp³-hybridized carbons (Fsp3) is 0.643. The minimum Gasteiger partial charge on any atom is -0.294 e. The molecule has 0 amide bonds. The molecule has 2 nitrogen and oxygen atoms in total. The molecule has 3 heteroatoms. The van der Waals surface area contributed by atoms with E-state index in [2.05, 4.69) is 42.7 Å².